The summed E-state index contributed by atoms with van der Waals surface area (Å²) in [7, 11) is 0. The Balaban J connectivity index is 1.96. The van der Waals surface area contributed by atoms with Crippen LogP contribution in [0, 0.1) is 5.92 Å². The smallest absolute Gasteiger partial charge is 0.154 e. The molecule has 4 rings (SSSR count). The van der Waals surface area contributed by atoms with E-state index in [1.54, 1.807) is 0 Å². The molecule has 4 heteroatoms. The third-order valence-corrected chi connectivity index (χ3v) is 4.53. The molecule has 4 nitrogen and oxygen atoms in total. The molecule has 1 aliphatic rings. The van der Waals surface area contributed by atoms with Crippen LogP contribution in [0.5, 0.6) is 0 Å². The number of rotatable bonds is 1. The van der Waals surface area contributed by atoms with E-state index in [0.29, 0.717) is 5.92 Å². The van der Waals surface area contributed by atoms with E-state index in [1.807, 2.05) is 18.6 Å². The summed E-state index contributed by atoms with van der Waals surface area (Å²) in [6, 6.07) is 2.09. The minimum absolute atomic E-state index is 0.580. The lowest BCUT2D eigenvalue weighted by Crippen LogP contribution is -2.17. The van der Waals surface area contributed by atoms with E-state index in [4.69, 9.17) is 4.98 Å². The summed E-state index contributed by atoms with van der Waals surface area (Å²) < 4.78 is 2.28. The van der Waals surface area contributed by atoms with Crippen LogP contribution in [0.15, 0.2) is 24.7 Å². The minimum atomic E-state index is 0.580. The van der Waals surface area contributed by atoms with E-state index in [9.17, 15) is 0 Å². The zero-order valence-electron chi connectivity index (χ0n) is 11.1. The summed E-state index contributed by atoms with van der Waals surface area (Å²) >= 11 is 0. The number of fused-ring (bicyclic) bond motifs is 3. The molecular formula is C15H18N4. The van der Waals surface area contributed by atoms with Crippen LogP contribution in [-0.4, -0.2) is 19.4 Å². The second-order valence-electron chi connectivity index (χ2n) is 5.71. The van der Waals surface area contributed by atoms with Crippen LogP contribution < -0.4 is 0 Å². The summed E-state index contributed by atoms with van der Waals surface area (Å²) in [5.41, 5.74) is 3.18. The van der Waals surface area contributed by atoms with Crippen molar-refractivity contribution >= 4 is 16.7 Å². The molecule has 19 heavy (non-hydrogen) atoms. The molecule has 3 aromatic heterocycles. The van der Waals surface area contributed by atoms with Crippen LogP contribution >= 0.6 is 0 Å². The van der Waals surface area contributed by atoms with Gasteiger partial charge in [0.25, 0.3) is 0 Å². The molecule has 0 saturated heterocycles. The van der Waals surface area contributed by atoms with Gasteiger partial charge in [-0.2, -0.15) is 0 Å². The van der Waals surface area contributed by atoms with Crippen LogP contribution in [0.25, 0.3) is 16.7 Å². The van der Waals surface area contributed by atoms with Crippen molar-refractivity contribution in [2.75, 3.05) is 0 Å². The standard InChI is InChI=1S/C15H18N4/c1-10-4-2-3-5-12(10)15-18-9-11-8-17-14-13(19(11)15)6-7-16-14/h6-10,12,16H,2-5H2,1H3. The van der Waals surface area contributed by atoms with Crippen LogP contribution in [0.2, 0.25) is 0 Å². The summed E-state index contributed by atoms with van der Waals surface area (Å²) in [5, 5.41) is 0. The molecule has 1 fully saturated rings. The second-order valence-corrected chi connectivity index (χ2v) is 5.71. The van der Waals surface area contributed by atoms with Crippen molar-refractivity contribution in [1.29, 1.82) is 0 Å². The number of nitrogens with one attached hydrogen (secondary N) is 1. The Kier molecular flexibility index (Phi) is 2.37. The first-order chi connectivity index (χ1) is 9.34. The summed E-state index contributed by atoms with van der Waals surface area (Å²) in [6.45, 7) is 2.36. The van der Waals surface area contributed by atoms with Gasteiger partial charge >= 0.3 is 0 Å². The maximum absolute atomic E-state index is 4.71. The highest BCUT2D eigenvalue weighted by Crippen LogP contribution is 2.37. The fraction of sp³-hybridized carbons (Fsp3) is 0.467. The SMILES string of the molecule is CC1CCCCC1c1ncc2cnc3[nH]ccc3n12. The van der Waals surface area contributed by atoms with E-state index >= 15 is 0 Å². The van der Waals surface area contributed by atoms with Crippen molar-refractivity contribution in [3.63, 3.8) is 0 Å². The number of hydrogen-bond acceptors (Lipinski definition) is 2. The van der Waals surface area contributed by atoms with Crippen LogP contribution in [0.3, 0.4) is 0 Å². The highest BCUT2D eigenvalue weighted by molar-refractivity contribution is 5.75. The molecule has 0 radical (unpaired) electrons. The van der Waals surface area contributed by atoms with Gasteiger partial charge in [-0.15, -0.1) is 0 Å². The highest BCUT2D eigenvalue weighted by Gasteiger charge is 2.26. The van der Waals surface area contributed by atoms with Gasteiger partial charge in [0, 0.05) is 12.1 Å². The average molecular weight is 254 g/mol. The quantitative estimate of drug-likeness (QED) is 0.722. The van der Waals surface area contributed by atoms with E-state index in [-0.39, 0.29) is 0 Å². The van der Waals surface area contributed by atoms with Gasteiger partial charge in [0.15, 0.2) is 5.65 Å². The first kappa shape index (κ1) is 11.0. The van der Waals surface area contributed by atoms with Gasteiger partial charge in [0.2, 0.25) is 0 Å². The topological polar surface area (TPSA) is 46.0 Å². The third-order valence-electron chi connectivity index (χ3n) is 4.53. The van der Waals surface area contributed by atoms with Gasteiger partial charge < -0.3 is 4.98 Å². The molecule has 0 aliphatic heterocycles. The molecule has 0 bridgehead atoms. The lowest BCUT2D eigenvalue weighted by Gasteiger charge is -2.27. The predicted molar refractivity (Wildman–Crippen MR) is 75.2 cm³/mol. The molecule has 1 N–H and O–H groups in total. The predicted octanol–water partition coefficient (Wildman–Crippen LogP) is 3.50. The molecule has 2 unspecified atom stereocenters. The molecule has 2 atom stereocenters. The number of imidazole rings is 1. The van der Waals surface area contributed by atoms with Gasteiger partial charge in [0.05, 0.1) is 23.4 Å². The van der Waals surface area contributed by atoms with Crippen molar-refractivity contribution in [1.82, 2.24) is 19.4 Å². The monoisotopic (exact) mass is 254 g/mol. The maximum atomic E-state index is 4.71. The molecule has 3 heterocycles. The Bertz CT molecular complexity index is 724. The molecule has 0 amide bonds. The molecule has 0 aromatic carbocycles. The first-order valence-electron chi connectivity index (χ1n) is 7.14. The number of hydrogen-bond donors (Lipinski definition) is 1. The van der Waals surface area contributed by atoms with Gasteiger partial charge in [-0.1, -0.05) is 26.2 Å². The van der Waals surface area contributed by atoms with Gasteiger partial charge in [-0.25, -0.2) is 9.97 Å². The Labute approximate surface area is 111 Å². The fourth-order valence-electron chi connectivity index (χ4n) is 3.46. The van der Waals surface area contributed by atoms with Gasteiger partial charge in [-0.3, -0.25) is 4.40 Å². The molecule has 1 saturated carbocycles. The Morgan fingerprint density at radius 3 is 2.95 bits per heavy atom. The normalized spacial score (nSPS) is 24.3. The molecule has 0 spiro atoms. The van der Waals surface area contributed by atoms with Crippen molar-refractivity contribution < 1.29 is 0 Å². The molecule has 1 aliphatic carbocycles. The van der Waals surface area contributed by atoms with E-state index < -0.39 is 0 Å². The molecule has 3 aromatic rings. The van der Waals surface area contributed by atoms with Crippen LogP contribution in [0.4, 0.5) is 0 Å². The Morgan fingerprint density at radius 1 is 1.21 bits per heavy atom. The fourth-order valence-corrected chi connectivity index (χ4v) is 3.46. The number of H-pyrrole nitrogens is 1. The zero-order chi connectivity index (χ0) is 12.8. The second kappa shape index (κ2) is 4.08. The lowest BCUT2D eigenvalue weighted by molar-refractivity contribution is 0.319. The summed E-state index contributed by atoms with van der Waals surface area (Å²) in [5.74, 6) is 2.52. The number of nitrogens with zero attached hydrogens (tertiary/aromatic N) is 3. The van der Waals surface area contributed by atoms with Crippen molar-refractivity contribution in [2.24, 2.45) is 5.92 Å². The van der Waals surface area contributed by atoms with Crippen molar-refractivity contribution in [2.45, 2.75) is 38.5 Å². The van der Waals surface area contributed by atoms with E-state index in [1.165, 1.54) is 31.5 Å². The largest absolute Gasteiger partial charge is 0.345 e. The average Bonchev–Trinajstić information content (AvgIpc) is 3.04. The maximum Gasteiger partial charge on any atom is 0.154 e. The number of aromatic nitrogens is 4. The number of aromatic amines is 1. The Hall–Kier alpha value is -1.84. The van der Waals surface area contributed by atoms with Gasteiger partial charge in [-0.05, 0) is 18.4 Å². The first-order valence-corrected chi connectivity index (χ1v) is 7.14. The van der Waals surface area contributed by atoms with E-state index in [2.05, 4.69) is 27.4 Å². The van der Waals surface area contributed by atoms with Crippen LogP contribution in [-0.2, 0) is 0 Å². The lowest BCUT2D eigenvalue weighted by atomic mass is 9.80. The van der Waals surface area contributed by atoms with E-state index in [0.717, 1.165) is 22.6 Å². The van der Waals surface area contributed by atoms with Crippen molar-refractivity contribution in [3.05, 3.63) is 30.5 Å². The van der Waals surface area contributed by atoms with Gasteiger partial charge in [0.1, 0.15) is 5.82 Å². The summed E-state index contributed by atoms with van der Waals surface area (Å²) in [4.78, 5) is 12.3. The summed E-state index contributed by atoms with van der Waals surface area (Å²) in [6.07, 6.45) is 11.1. The molecular weight excluding hydrogens is 236 g/mol. The third kappa shape index (κ3) is 1.59. The zero-order valence-corrected chi connectivity index (χ0v) is 11.1. The van der Waals surface area contributed by atoms with Crippen LogP contribution in [0.1, 0.15) is 44.3 Å². The highest BCUT2D eigenvalue weighted by atomic mass is 15.1. The van der Waals surface area contributed by atoms with Crippen molar-refractivity contribution in [3.8, 4) is 0 Å². The Morgan fingerprint density at radius 2 is 2.05 bits per heavy atom. The molecule has 98 valence electrons. The minimum Gasteiger partial charge on any atom is -0.345 e.